The van der Waals surface area contributed by atoms with Crippen LogP contribution in [0.4, 0.5) is 5.69 Å². The molecular weight excluding hydrogens is 439 g/mol. The van der Waals surface area contributed by atoms with Crippen LogP contribution in [-0.4, -0.2) is 39.8 Å². The average Bonchev–Trinajstić information content (AvgIpc) is 2.66. The highest BCUT2D eigenvalue weighted by molar-refractivity contribution is 7.92. The van der Waals surface area contributed by atoms with E-state index in [2.05, 4.69) is 5.32 Å². The highest BCUT2D eigenvalue weighted by Crippen LogP contribution is 2.35. The maximum Gasteiger partial charge on any atom is 0.243 e. The fourth-order valence-electron chi connectivity index (χ4n) is 2.97. The quantitative estimate of drug-likeness (QED) is 0.717. The van der Waals surface area contributed by atoms with Gasteiger partial charge >= 0.3 is 0 Å². The fourth-order valence-corrected chi connectivity index (χ4v) is 4.61. The molecule has 1 aliphatic rings. The zero-order chi connectivity index (χ0) is 21.2. The number of halogens is 2. The fraction of sp³-hybridized carbons (Fsp3) is 0.316. The van der Waals surface area contributed by atoms with Crippen molar-refractivity contribution in [2.45, 2.75) is 19.5 Å². The summed E-state index contributed by atoms with van der Waals surface area (Å²) in [5.74, 6) is 0.488. The van der Waals surface area contributed by atoms with Crippen molar-refractivity contribution in [2.75, 3.05) is 23.8 Å². The molecule has 1 aliphatic heterocycles. The molecule has 1 atom stereocenters. The number of benzene rings is 2. The van der Waals surface area contributed by atoms with Crippen LogP contribution in [0.2, 0.25) is 10.0 Å². The molecule has 3 rings (SSSR count). The Kier molecular flexibility index (Phi) is 6.45. The summed E-state index contributed by atoms with van der Waals surface area (Å²) < 4.78 is 36.9. The van der Waals surface area contributed by atoms with Crippen molar-refractivity contribution in [3.63, 3.8) is 0 Å². The third-order valence-corrected chi connectivity index (χ3v) is 6.17. The van der Waals surface area contributed by atoms with Crippen LogP contribution in [-0.2, 0) is 21.4 Å². The lowest BCUT2D eigenvalue weighted by molar-refractivity contribution is -0.122. The van der Waals surface area contributed by atoms with Crippen molar-refractivity contribution in [2.24, 2.45) is 0 Å². The van der Waals surface area contributed by atoms with Crippen molar-refractivity contribution >= 4 is 44.8 Å². The zero-order valence-electron chi connectivity index (χ0n) is 15.8. The minimum Gasteiger partial charge on any atom is -0.486 e. The van der Waals surface area contributed by atoms with Crippen molar-refractivity contribution in [3.05, 3.63) is 52.0 Å². The summed E-state index contributed by atoms with van der Waals surface area (Å²) in [6.45, 7) is 2.44. The van der Waals surface area contributed by atoms with Gasteiger partial charge in [-0.05, 0) is 36.8 Å². The normalized spacial score (nSPS) is 14.2. The second-order valence-corrected chi connectivity index (χ2v) is 9.22. The third-order valence-electron chi connectivity index (χ3n) is 4.34. The van der Waals surface area contributed by atoms with Crippen LogP contribution in [0.3, 0.4) is 0 Å². The first-order valence-corrected chi connectivity index (χ1v) is 11.4. The van der Waals surface area contributed by atoms with Crippen LogP contribution >= 0.6 is 23.2 Å². The molecule has 29 heavy (non-hydrogen) atoms. The lowest BCUT2D eigenvalue weighted by atomic mass is 10.2. The molecule has 0 unspecified atom stereocenters. The van der Waals surface area contributed by atoms with E-state index < -0.39 is 22.0 Å². The molecule has 0 bridgehead atoms. The highest BCUT2D eigenvalue weighted by Gasteiger charge is 2.30. The van der Waals surface area contributed by atoms with Crippen molar-refractivity contribution in [1.29, 1.82) is 0 Å². The Morgan fingerprint density at radius 2 is 1.83 bits per heavy atom. The summed E-state index contributed by atoms with van der Waals surface area (Å²) in [5, 5.41) is 3.62. The Hall–Kier alpha value is -2.16. The summed E-state index contributed by atoms with van der Waals surface area (Å²) in [5.41, 5.74) is 0.978. The van der Waals surface area contributed by atoms with Gasteiger partial charge in [0.05, 0.1) is 11.9 Å². The Labute approximate surface area is 179 Å². The SMILES string of the molecule is C[C@H](C(=O)NCc1ccc(Cl)cc1Cl)N(c1ccc2c(c1)OCCO2)S(C)(=O)=O. The maximum absolute atomic E-state index is 12.7. The van der Waals surface area contributed by atoms with Gasteiger partial charge in [0.25, 0.3) is 0 Å². The van der Waals surface area contributed by atoms with Crippen LogP contribution in [0.15, 0.2) is 36.4 Å². The molecule has 1 N–H and O–H groups in total. The Morgan fingerprint density at radius 1 is 1.14 bits per heavy atom. The van der Waals surface area contributed by atoms with Gasteiger partial charge in [0.15, 0.2) is 11.5 Å². The molecular formula is C19H20Cl2N2O5S. The van der Waals surface area contributed by atoms with Gasteiger partial charge in [-0.1, -0.05) is 29.3 Å². The topological polar surface area (TPSA) is 84.9 Å². The molecule has 1 amide bonds. The molecule has 1 heterocycles. The van der Waals surface area contributed by atoms with Crippen LogP contribution in [0.5, 0.6) is 11.5 Å². The standard InChI is InChI=1S/C19H20Cl2N2O5S/c1-12(19(24)22-11-13-3-4-14(20)9-16(13)21)23(29(2,25)26)15-5-6-17-18(10-15)28-8-7-27-17/h3-6,9-10,12H,7-8,11H2,1-2H3,(H,22,24)/t12-/m1/s1. The number of rotatable bonds is 6. The predicted octanol–water partition coefficient (Wildman–Crippen LogP) is 3.24. The molecule has 0 aromatic heterocycles. The first-order valence-electron chi connectivity index (χ1n) is 8.77. The zero-order valence-corrected chi connectivity index (χ0v) is 18.1. The summed E-state index contributed by atoms with van der Waals surface area (Å²) in [6.07, 6.45) is 1.05. The van der Waals surface area contributed by atoms with Crippen LogP contribution in [0.1, 0.15) is 12.5 Å². The van der Waals surface area contributed by atoms with E-state index in [1.54, 1.807) is 36.4 Å². The molecule has 0 saturated carbocycles. The molecule has 0 saturated heterocycles. The number of hydrogen-bond donors (Lipinski definition) is 1. The summed E-state index contributed by atoms with van der Waals surface area (Å²) in [4.78, 5) is 12.7. The third kappa shape index (κ3) is 5.07. The molecule has 0 spiro atoms. The van der Waals surface area contributed by atoms with Crippen molar-refractivity contribution in [3.8, 4) is 11.5 Å². The molecule has 0 radical (unpaired) electrons. The van der Waals surface area contributed by atoms with E-state index in [1.807, 2.05) is 0 Å². The molecule has 7 nitrogen and oxygen atoms in total. The van der Waals surface area contributed by atoms with Crippen molar-refractivity contribution in [1.82, 2.24) is 5.32 Å². The Balaban J connectivity index is 1.80. The van der Waals surface area contributed by atoms with Crippen LogP contribution < -0.4 is 19.1 Å². The summed E-state index contributed by atoms with van der Waals surface area (Å²) in [7, 11) is -3.75. The monoisotopic (exact) mass is 458 g/mol. The smallest absolute Gasteiger partial charge is 0.243 e. The van der Waals surface area contributed by atoms with Gasteiger partial charge in [0.1, 0.15) is 19.3 Å². The van der Waals surface area contributed by atoms with E-state index in [0.29, 0.717) is 46.0 Å². The molecule has 10 heteroatoms. The largest absolute Gasteiger partial charge is 0.486 e. The van der Waals surface area contributed by atoms with E-state index in [1.165, 1.54) is 6.92 Å². The minimum atomic E-state index is -3.75. The summed E-state index contributed by atoms with van der Waals surface area (Å²) in [6, 6.07) is 8.69. The first kappa shape index (κ1) is 21.5. The van der Waals surface area contributed by atoms with Gasteiger partial charge in [-0.3, -0.25) is 9.10 Å². The number of hydrogen-bond acceptors (Lipinski definition) is 5. The number of amides is 1. The molecule has 156 valence electrons. The van der Waals surface area contributed by atoms with Gasteiger partial charge in [0, 0.05) is 22.7 Å². The lowest BCUT2D eigenvalue weighted by Crippen LogP contribution is -2.47. The first-order chi connectivity index (χ1) is 13.7. The Morgan fingerprint density at radius 3 is 2.48 bits per heavy atom. The van der Waals surface area contributed by atoms with Gasteiger partial charge in [-0.15, -0.1) is 0 Å². The number of fused-ring (bicyclic) bond motifs is 1. The average molecular weight is 459 g/mol. The lowest BCUT2D eigenvalue weighted by Gasteiger charge is -2.29. The number of sulfonamides is 1. The minimum absolute atomic E-state index is 0.137. The van der Waals surface area contributed by atoms with E-state index in [-0.39, 0.29) is 6.54 Å². The Bertz CT molecular complexity index is 1030. The number of nitrogens with one attached hydrogen (secondary N) is 1. The van der Waals surface area contributed by atoms with Crippen LogP contribution in [0, 0.1) is 0 Å². The maximum atomic E-state index is 12.7. The number of carbonyl (C=O) groups excluding carboxylic acids is 1. The van der Waals surface area contributed by atoms with E-state index in [4.69, 9.17) is 32.7 Å². The number of anilines is 1. The molecule has 2 aromatic rings. The second kappa shape index (κ2) is 8.69. The van der Waals surface area contributed by atoms with E-state index in [9.17, 15) is 13.2 Å². The molecule has 0 fully saturated rings. The van der Waals surface area contributed by atoms with E-state index in [0.717, 1.165) is 10.6 Å². The van der Waals surface area contributed by atoms with E-state index >= 15 is 0 Å². The molecule has 2 aromatic carbocycles. The summed E-state index contributed by atoms with van der Waals surface area (Å²) >= 11 is 12.0. The van der Waals surface area contributed by atoms with Crippen LogP contribution in [0.25, 0.3) is 0 Å². The van der Waals surface area contributed by atoms with Gasteiger partial charge in [0.2, 0.25) is 15.9 Å². The number of carbonyl (C=O) groups is 1. The number of nitrogens with zero attached hydrogens (tertiary/aromatic N) is 1. The van der Waals surface area contributed by atoms with Crippen molar-refractivity contribution < 1.29 is 22.7 Å². The van der Waals surface area contributed by atoms with Gasteiger partial charge in [-0.25, -0.2) is 8.42 Å². The molecule has 0 aliphatic carbocycles. The predicted molar refractivity (Wildman–Crippen MR) is 113 cm³/mol. The number of ether oxygens (including phenoxy) is 2. The second-order valence-electron chi connectivity index (χ2n) is 6.52. The van der Waals surface area contributed by atoms with Gasteiger partial charge < -0.3 is 14.8 Å². The highest BCUT2D eigenvalue weighted by atomic mass is 35.5. The van der Waals surface area contributed by atoms with Gasteiger partial charge in [-0.2, -0.15) is 0 Å².